The molecule has 10 heteroatoms. The Hall–Kier alpha value is -3.40. The number of rotatable bonds is 5. The van der Waals surface area contributed by atoms with Gasteiger partial charge in [-0.05, 0) is 71.1 Å². The van der Waals surface area contributed by atoms with Crippen LogP contribution in [0.2, 0.25) is 0 Å². The first-order chi connectivity index (χ1) is 16.5. The van der Waals surface area contributed by atoms with Crippen molar-refractivity contribution < 1.29 is 4.52 Å². The van der Waals surface area contributed by atoms with Gasteiger partial charge in [-0.3, -0.25) is 0 Å². The minimum Gasteiger partial charge on any atom is -0.383 e. The smallest absolute Gasteiger partial charge is 0.165 e. The molecule has 2 fully saturated rings. The quantitative estimate of drug-likeness (QED) is 0.474. The van der Waals surface area contributed by atoms with Gasteiger partial charge in [0.15, 0.2) is 17.2 Å². The van der Waals surface area contributed by atoms with Crippen molar-refractivity contribution in [3.05, 3.63) is 30.0 Å². The fraction of sp³-hybridized carbons (Fsp3) is 0.500. The molecule has 34 heavy (non-hydrogen) atoms. The molecule has 4 aromatic heterocycles. The average molecular weight is 460 g/mol. The van der Waals surface area contributed by atoms with Crippen LogP contribution in [0.4, 0.5) is 5.82 Å². The van der Waals surface area contributed by atoms with E-state index in [4.69, 9.17) is 25.3 Å². The summed E-state index contributed by atoms with van der Waals surface area (Å²) < 4.78 is 7.73. The van der Waals surface area contributed by atoms with Gasteiger partial charge >= 0.3 is 0 Å². The molecule has 5 heterocycles. The van der Waals surface area contributed by atoms with E-state index in [0.717, 1.165) is 50.1 Å². The standard InChI is InChI=1S/C24H29N9O/c1-13(2)33-24-18(22(25)28-12-29-24)19(30-33)20-17(21(34-31-20)15-4-5-15)23-26-10-16(11-27-23)14-6-8-32(3)9-7-14/h10-15H,4-9H2,1-3H3,(H2,25,28,29). The summed E-state index contributed by atoms with van der Waals surface area (Å²) in [6, 6.07) is 0.0916. The molecule has 2 N–H and O–H groups in total. The maximum Gasteiger partial charge on any atom is 0.165 e. The van der Waals surface area contributed by atoms with Crippen LogP contribution in [0.1, 0.15) is 68.7 Å². The van der Waals surface area contributed by atoms with Crippen LogP contribution < -0.4 is 5.73 Å². The Balaban J connectivity index is 1.46. The topological polar surface area (TPSA) is 125 Å². The van der Waals surface area contributed by atoms with Crippen LogP contribution in [0.3, 0.4) is 0 Å². The highest BCUT2D eigenvalue weighted by Crippen LogP contribution is 2.47. The van der Waals surface area contributed by atoms with Crippen molar-refractivity contribution in [1.29, 1.82) is 0 Å². The monoisotopic (exact) mass is 459 g/mol. The molecule has 0 amide bonds. The fourth-order valence-corrected chi connectivity index (χ4v) is 4.85. The third-order valence-electron chi connectivity index (χ3n) is 6.98. The Bertz CT molecular complexity index is 1330. The summed E-state index contributed by atoms with van der Waals surface area (Å²) >= 11 is 0. The highest BCUT2D eigenvalue weighted by atomic mass is 16.5. The van der Waals surface area contributed by atoms with Gasteiger partial charge in [-0.25, -0.2) is 24.6 Å². The number of piperidine rings is 1. The SMILES string of the molecule is CC(C)n1nc(-c2noc(C3CC3)c2-c2ncc(C3CCN(C)CC3)cn2)c2c(N)ncnc21. The number of fused-ring (bicyclic) bond motifs is 1. The summed E-state index contributed by atoms with van der Waals surface area (Å²) in [4.78, 5) is 20.6. The second-order valence-electron chi connectivity index (χ2n) is 9.81. The van der Waals surface area contributed by atoms with E-state index in [2.05, 4.69) is 40.9 Å². The zero-order chi connectivity index (χ0) is 23.4. The zero-order valence-electron chi connectivity index (χ0n) is 19.8. The Morgan fingerprint density at radius 1 is 0.971 bits per heavy atom. The summed E-state index contributed by atoms with van der Waals surface area (Å²) in [5.41, 5.74) is 10.2. The van der Waals surface area contributed by atoms with Gasteiger partial charge in [-0.1, -0.05) is 5.16 Å². The number of nitrogens with two attached hydrogens (primary N) is 1. The first-order valence-corrected chi connectivity index (χ1v) is 12.0. The van der Waals surface area contributed by atoms with Crippen molar-refractivity contribution in [2.24, 2.45) is 0 Å². The third kappa shape index (κ3) is 3.53. The molecule has 0 bridgehead atoms. The molecule has 2 aliphatic rings. The molecule has 4 aromatic rings. The van der Waals surface area contributed by atoms with Crippen molar-refractivity contribution in [2.75, 3.05) is 25.9 Å². The Morgan fingerprint density at radius 3 is 2.38 bits per heavy atom. The van der Waals surface area contributed by atoms with E-state index in [9.17, 15) is 0 Å². The number of anilines is 1. The Kier molecular flexibility index (Phi) is 5.05. The minimum atomic E-state index is 0.0916. The van der Waals surface area contributed by atoms with E-state index < -0.39 is 0 Å². The van der Waals surface area contributed by atoms with Crippen molar-refractivity contribution in [3.8, 4) is 22.8 Å². The lowest BCUT2D eigenvalue weighted by Crippen LogP contribution is -2.29. The molecule has 10 nitrogen and oxygen atoms in total. The van der Waals surface area contributed by atoms with Crippen LogP contribution >= 0.6 is 0 Å². The first kappa shape index (κ1) is 21.2. The largest absolute Gasteiger partial charge is 0.383 e. The van der Waals surface area contributed by atoms with Crippen LogP contribution in [-0.2, 0) is 0 Å². The molecule has 176 valence electrons. The van der Waals surface area contributed by atoms with Crippen molar-refractivity contribution in [1.82, 2.24) is 39.8 Å². The highest BCUT2D eigenvalue weighted by Gasteiger charge is 2.36. The second-order valence-corrected chi connectivity index (χ2v) is 9.81. The Morgan fingerprint density at radius 2 is 1.71 bits per heavy atom. The minimum absolute atomic E-state index is 0.0916. The number of nitrogens with zero attached hydrogens (tertiary/aromatic N) is 8. The number of hydrogen-bond acceptors (Lipinski definition) is 9. The summed E-state index contributed by atoms with van der Waals surface area (Å²) in [5.74, 6) is 2.63. The van der Waals surface area contributed by atoms with Gasteiger partial charge in [-0.2, -0.15) is 5.10 Å². The normalized spacial score (nSPS) is 17.8. The van der Waals surface area contributed by atoms with Crippen LogP contribution in [-0.4, -0.2) is 59.9 Å². The third-order valence-corrected chi connectivity index (χ3v) is 6.98. The van der Waals surface area contributed by atoms with E-state index in [1.807, 2.05) is 17.1 Å². The van der Waals surface area contributed by atoms with E-state index >= 15 is 0 Å². The molecule has 0 atom stereocenters. The fourth-order valence-electron chi connectivity index (χ4n) is 4.85. The van der Waals surface area contributed by atoms with E-state index in [1.165, 1.54) is 11.9 Å². The lowest BCUT2D eigenvalue weighted by Gasteiger charge is -2.28. The lowest BCUT2D eigenvalue weighted by atomic mass is 9.91. The summed E-state index contributed by atoms with van der Waals surface area (Å²) in [6.07, 6.45) is 9.80. The molecule has 1 aliphatic carbocycles. The van der Waals surface area contributed by atoms with Crippen LogP contribution in [0.25, 0.3) is 33.8 Å². The molecule has 1 saturated carbocycles. The maximum atomic E-state index is 6.29. The predicted molar refractivity (Wildman–Crippen MR) is 128 cm³/mol. The summed E-state index contributed by atoms with van der Waals surface area (Å²) in [5, 5.41) is 9.99. The molecular formula is C24H29N9O. The van der Waals surface area contributed by atoms with Crippen LogP contribution in [0.15, 0.2) is 23.2 Å². The first-order valence-electron chi connectivity index (χ1n) is 12.0. The Labute approximate surface area is 197 Å². The number of aromatic nitrogens is 7. The van der Waals surface area contributed by atoms with Crippen molar-refractivity contribution in [3.63, 3.8) is 0 Å². The van der Waals surface area contributed by atoms with Gasteiger partial charge in [0.1, 0.15) is 23.5 Å². The molecule has 1 aliphatic heterocycles. The van der Waals surface area contributed by atoms with E-state index in [-0.39, 0.29) is 6.04 Å². The molecule has 0 spiro atoms. The lowest BCUT2D eigenvalue weighted by molar-refractivity contribution is 0.255. The molecule has 1 saturated heterocycles. The van der Waals surface area contributed by atoms with Crippen molar-refractivity contribution in [2.45, 2.75) is 57.4 Å². The summed E-state index contributed by atoms with van der Waals surface area (Å²) in [6.45, 7) is 6.31. The van der Waals surface area contributed by atoms with Gasteiger partial charge in [-0.15, -0.1) is 0 Å². The maximum absolute atomic E-state index is 6.29. The molecule has 6 rings (SSSR count). The molecule has 0 aromatic carbocycles. The van der Waals surface area contributed by atoms with Gasteiger partial charge in [0.2, 0.25) is 0 Å². The average Bonchev–Trinajstić information content (AvgIpc) is 3.46. The van der Waals surface area contributed by atoms with Gasteiger partial charge < -0.3 is 15.2 Å². The summed E-state index contributed by atoms with van der Waals surface area (Å²) in [7, 11) is 2.17. The van der Waals surface area contributed by atoms with Gasteiger partial charge in [0, 0.05) is 24.4 Å². The molecular weight excluding hydrogens is 430 g/mol. The van der Waals surface area contributed by atoms with Crippen molar-refractivity contribution >= 4 is 16.9 Å². The van der Waals surface area contributed by atoms with E-state index in [1.54, 1.807) is 0 Å². The highest BCUT2D eigenvalue weighted by molar-refractivity contribution is 6.00. The van der Waals surface area contributed by atoms with E-state index in [0.29, 0.717) is 45.9 Å². The second kappa shape index (κ2) is 8.12. The van der Waals surface area contributed by atoms with Gasteiger partial charge in [0.05, 0.1) is 10.9 Å². The predicted octanol–water partition coefficient (Wildman–Crippen LogP) is 3.79. The number of nitrogen functional groups attached to an aromatic ring is 1. The molecule has 0 radical (unpaired) electrons. The van der Waals surface area contributed by atoms with Crippen LogP contribution in [0.5, 0.6) is 0 Å². The van der Waals surface area contributed by atoms with Gasteiger partial charge in [0.25, 0.3) is 0 Å². The van der Waals surface area contributed by atoms with Crippen LogP contribution in [0, 0.1) is 0 Å². The number of likely N-dealkylation sites (tertiary alicyclic amines) is 1. The molecule has 0 unspecified atom stereocenters. The number of hydrogen-bond donors (Lipinski definition) is 1. The zero-order valence-corrected chi connectivity index (χ0v) is 19.8.